The predicted octanol–water partition coefficient (Wildman–Crippen LogP) is 3.32. The maximum Gasteiger partial charge on any atom is 0.237 e. The number of hydrogen-bond donors (Lipinski definition) is 0. The van der Waals surface area contributed by atoms with Gasteiger partial charge in [0.05, 0.1) is 19.6 Å². The van der Waals surface area contributed by atoms with E-state index in [1.807, 2.05) is 41.3 Å². The molecule has 0 N–H and O–H groups in total. The number of fused-ring (bicyclic) bond motifs is 1. The lowest BCUT2D eigenvalue weighted by molar-refractivity contribution is -0.120. The van der Waals surface area contributed by atoms with E-state index in [4.69, 9.17) is 9.47 Å². The van der Waals surface area contributed by atoms with E-state index in [0.717, 1.165) is 37.1 Å². The highest BCUT2D eigenvalue weighted by molar-refractivity contribution is 6.04. The number of rotatable bonds is 4. The largest absolute Gasteiger partial charge is 0.493 e. The minimum absolute atomic E-state index is 0.208. The molecule has 0 radical (unpaired) electrons. The molecule has 4 rings (SSSR count). The van der Waals surface area contributed by atoms with Crippen LogP contribution in [0.2, 0.25) is 0 Å². The molecule has 124 valence electrons. The lowest BCUT2D eigenvalue weighted by atomic mass is 9.93. The molecule has 1 aliphatic heterocycles. The van der Waals surface area contributed by atoms with Crippen molar-refractivity contribution in [1.29, 1.82) is 0 Å². The van der Waals surface area contributed by atoms with Crippen LogP contribution in [-0.2, 0) is 16.6 Å². The van der Waals surface area contributed by atoms with Gasteiger partial charge in [-0.15, -0.1) is 0 Å². The van der Waals surface area contributed by atoms with Crippen LogP contribution in [0.25, 0.3) is 0 Å². The molecule has 4 heteroatoms. The van der Waals surface area contributed by atoms with Crippen molar-refractivity contribution in [2.45, 2.75) is 24.7 Å². The third-order valence-corrected chi connectivity index (χ3v) is 5.23. The summed E-state index contributed by atoms with van der Waals surface area (Å²) in [5, 5.41) is 0. The Balaban J connectivity index is 1.68. The summed E-state index contributed by atoms with van der Waals surface area (Å²) in [6.07, 6.45) is 2.71. The van der Waals surface area contributed by atoms with E-state index < -0.39 is 5.41 Å². The number of carbonyl (C=O) groups excluding carboxylic acids is 1. The van der Waals surface area contributed by atoms with E-state index in [1.165, 1.54) is 5.56 Å². The van der Waals surface area contributed by atoms with Crippen LogP contribution in [0.15, 0.2) is 42.5 Å². The minimum atomic E-state index is -0.406. The smallest absolute Gasteiger partial charge is 0.237 e. The molecule has 2 aliphatic rings. The van der Waals surface area contributed by atoms with E-state index in [0.29, 0.717) is 11.5 Å². The maximum atomic E-state index is 13.3. The summed E-state index contributed by atoms with van der Waals surface area (Å²) in [7, 11) is 3.25. The van der Waals surface area contributed by atoms with Gasteiger partial charge in [0.25, 0.3) is 0 Å². The van der Waals surface area contributed by atoms with Crippen LogP contribution in [0.4, 0.5) is 5.69 Å². The molecule has 1 heterocycles. The van der Waals surface area contributed by atoms with Crippen LogP contribution >= 0.6 is 0 Å². The lowest BCUT2D eigenvalue weighted by Gasteiger charge is -2.24. The average molecular weight is 323 g/mol. The molecule has 24 heavy (non-hydrogen) atoms. The Morgan fingerprint density at radius 1 is 1.04 bits per heavy atom. The van der Waals surface area contributed by atoms with Gasteiger partial charge in [-0.2, -0.15) is 0 Å². The van der Waals surface area contributed by atoms with Crippen molar-refractivity contribution in [3.63, 3.8) is 0 Å². The lowest BCUT2D eigenvalue weighted by Crippen LogP contribution is -2.38. The van der Waals surface area contributed by atoms with Crippen molar-refractivity contribution in [2.75, 3.05) is 25.7 Å². The summed E-state index contributed by atoms with van der Waals surface area (Å²) in [5.41, 5.74) is 2.94. The summed E-state index contributed by atoms with van der Waals surface area (Å²) in [5.74, 6) is 1.58. The zero-order valence-electron chi connectivity index (χ0n) is 14.0. The first-order valence-corrected chi connectivity index (χ1v) is 8.32. The first-order valence-electron chi connectivity index (χ1n) is 8.32. The molecule has 1 aliphatic carbocycles. The molecule has 0 bridgehead atoms. The zero-order chi connectivity index (χ0) is 16.7. The fourth-order valence-electron chi connectivity index (χ4n) is 3.69. The molecule has 0 atom stereocenters. The molecule has 4 nitrogen and oxygen atoms in total. The van der Waals surface area contributed by atoms with E-state index in [1.54, 1.807) is 14.2 Å². The van der Waals surface area contributed by atoms with E-state index in [2.05, 4.69) is 6.07 Å². The molecule has 2 aromatic rings. The number of ether oxygens (including phenoxy) is 2. The second-order valence-electron chi connectivity index (χ2n) is 6.49. The summed E-state index contributed by atoms with van der Waals surface area (Å²) in [4.78, 5) is 15.3. The van der Waals surface area contributed by atoms with Crippen molar-refractivity contribution in [2.24, 2.45) is 0 Å². The number of nitrogens with zero attached hydrogens (tertiary/aromatic N) is 1. The van der Waals surface area contributed by atoms with Gasteiger partial charge < -0.3 is 14.4 Å². The molecule has 1 saturated carbocycles. The van der Waals surface area contributed by atoms with Gasteiger partial charge in [-0.05, 0) is 48.6 Å². The molecule has 0 unspecified atom stereocenters. The summed E-state index contributed by atoms with van der Waals surface area (Å²) >= 11 is 0. The van der Waals surface area contributed by atoms with Crippen molar-refractivity contribution < 1.29 is 14.3 Å². The van der Waals surface area contributed by atoms with Crippen molar-refractivity contribution >= 4 is 11.6 Å². The van der Waals surface area contributed by atoms with Crippen LogP contribution in [0, 0.1) is 0 Å². The van der Waals surface area contributed by atoms with Crippen LogP contribution in [0.1, 0.15) is 24.0 Å². The van der Waals surface area contributed by atoms with Crippen LogP contribution < -0.4 is 14.4 Å². The first kappa shape index (κ1) is 15.1. The monoisotopic (exact) mass is 323 g/mol. The Kier molecular flexibility index (Phi) is 3.48. The van der Waals surface area contributed by atoms with Crippen molar-refractivity contribution in [3.05, 3.63) is 53.6 Å². The quantitative estimate of drug-likeness (QED) is 0.866. The number of amides is 1. The maximum absolute atomic E-state index is 13.3. The molecule has 0 spiro atoms. The van der Waals surface area contributed by atoms with E-state index in [-0.39, 0.29) is 5.91 Å². The fraction of sp³-hybridized carbons (Fsp3) is 0.350. The summed E-state index contributed by atoms with van der Waals surface area (Å²) in [6.45, 7) is 0.771. The Morgan fingerprint density at radius 3 is 2.50 bits per heavy atom. The molecular formula is C20H21NO3. The minimum Gasteiger partial charge on any atom is -0.493 e. The highest BCUT2D eigenvalue weighted by Crippen LogP contribution is 2.52. The Morgan fingerprint density at radius 2 is 1.79 bits per heavy atom. The van der Waals surface area contributed by atoms with Gasteiger partial charge in [0, 0.05) is 12.2 Å². The van der Waals surface area contributed by atoms with Gasteiger partial charge in [-0.3, -0.25) is 4.79 Å². The number of methoxy groups -OCH3 is 2. The van der Waals surface area contributed by atoms with Gasteiger partial charge in [0.15, 0.2) is 11.5 Å². The Bertz CT molecular complexity index is 795. The predicted molar refractivity (Wildman–Crippen MR) is 93.0 cm³/mol. The van der Waals surface area contributed by atoms with Gasteiger partial charge in [0.1, 0.15) is 0 Å². The SMILES string of the molecule is COc1ccc(C2(C(=O)N3CCc4ccccc43)CC2)cc1OC. The summed E-state index contributed by atoms with van der Waals surface area (Å²) in [6, 6.07) is 14.0. The van der Waals surface area contributed by atoms with Crippen molar-refractivity contribution in [3.8, 4) is 11.5 Å². The Labute approximate surface area is 142 Å². The average Bonchev–Trinajstić information content (AvgIpc) is 3.34. The second kappa shape index (κ2) is 5.55. The Hall–Kier alpha value is -2.49. The highest BCUT2D eigenvalue weighted by atomic mass is 16.5. The standard InChI is InChI=1S/C20H21NO3/c1-23-17-8-7-15(13-18(17)24-2)20(10-11-20)19(22)21-12-9-14-5-3-4-6-16(14)21/h3-8,13H,9-12H2,1-2H3. The molecule has 1 amide bonds. The van der Waals surface area contributed by atoms with Gasteiger partial charge in [0.2, 0.25) is 5.91 Å². The number of hydrogen-bond acceptors (Lipinski definition) is 3. The van der Waals surface area contributed by atoms with E-state index in [9.17, 15) is 4.79 Å². The van der Waals surface area contributed by atoms with Crippen LogP contribution in [-0.4, -0.2) is 26.7 Å². The number of para-hydroxylation sites is 1. The molecule has 0 aromatic heterocycles. The molecule has 2 aromatic carbocycles. The van der Waals surface area contributed by atoms with Gasteiger partial charge in [-0.25, -0.2) is 0 Å². The second-order valence-corrected chi connectivity index (χ2v) is 6.49. The van der Waals surface area contributed by atoms with Crippen molar-refractivity contribution in [1.82, 2.24) is 0 Å². The number of benzene rings is 2. The first-order chi connectivity index (χ1) is 11.7. The fourth-order valence-corrected chi connectivity index (χ4v) is 3.69. The molecule has 0 saturated heterocycles. The third kappa shape index (κ3) is 2.17. The van der Waals surface area contributed by atoms with Gasteiger partial charge in [-0.1, -0.05) is 24.3 Å². The van der Waals surface area contributed by atoms with Crippen LogP contribution in [0.3, 0.4) is 0 Å². The topological polar surface area (TPSA) is 38.8 Å². The third-order valence-electron chi connectivity index (χ3n) is 5.23. The van der Waals surface area contributed by atoms with Crippen LogP contribution in [0.5, 0.6) is 11.5 Å². The number of anilines is 1. The molecular weight excluding hydrogens is 302 g/mol. The zero-order valence-corrected chi connectivity index (χ0v) is 14.0. The highest BCUT2D eigenvalue weighted by Gasteiger charge is 2.54. The van der Waals surface area contributed by atoms with E-state index >= 15 is 0 Å². The number of carbonyl (C=O) groups is 1. The van der Waals surface area contributed by atoms with Gasteiger partial charge >= 0.3 is 0 Å². The molecule has 1 fully saturated rings. The normalized spacial score (nSPS) is 17.3. The summed E-state index contributed by atoms with van der Waals surface area (Å²) < 4.78 is 10.7.